The molecule has 0 radical (unpaired) electrons. The number of esters is 1. The second kappa shape index (κ2) is 6.63. The molecular formula is C12H22O4. The van der Waals surface area contributed by atoms with Gasteiger partial charge < -0.3 is 14.3 Å². The van der Waals surface area contributed by atoms with Crippen LogP contribution in [0.15, 0.2) is 0 Å². The summed E-state index contributed by atoms with van der Waals surface area (Å²) in [7, 11) is 1.55. The smallest absolute Gasteiger partial charge is 0.311 e. The minimum Gasteiger partial charge on any atom is -0.465 e. The van der Waals surface area contributed by atoms with Gasteiger partial charge in [0.25, 0.3) is 0 Å². The Balaban J connectivity index is 3.97. The molecule has 4 nitrogen and oxygen atoms in total. The number of carbonyl (C=O) groups excluding carboxylic acids is 2. The molecule has 0 amide bonds. The second-order valence-corrected chi connectivity index (χ2v) is 4.94. The predicted molar refractivity (Wildman–Crippen MR) is 61.1 cm³/mol. The lowest BCUT2D eigenvalue weighted by atomic mass is 9.97. The molecule has 0 aliphatic rings. The van der Waals surface area contributed by atoms with Crippen molar-refractivity contribution in [2.24, 2.45) is 11.3 Å². The van der Waals surface area contributed by atoms with Crippen molar-refractivity contribution in [2.75, 3.05) is 13.7 Å². The highest BCUT2D eigenvalue weighted by atomic mass is 16.5. The summed E-state index contributed by atoms with van der Waals surface area (Å²) >= 11 is 0. The van der Waals surface area contributed by atoms with Crippen molar-refractivity contribution >= 4 is 12.3 Å². The van der Waals surface area contributed by atoms with E-state index in [9.17, 15) is 9.59 Å². The van der Waals surface area contributed by atoms with Crippen molar-refractivity contribution in [2.45, 2.75) is 40.2 Å². The van der Waals surface area contributed by atoms with Crippen molar-refractivity contribution in [3.8, 4) is 0 Å². The highest BCUT2D eigenvalue weighted by Gasteiger charge is 2.23. The molecule has 0 aromatic rings. The molecule has 4 heteroatoms. The van der Waals surface area contributed by atoms with Gasteiger partial charge in [-0.15, -0.1) is 0 Å². The van der Waals surface area contributed by atoms with E-state index in [-0.39, 0.29) is 24.6 Å². The molecule has 0 bridgehead atoms. The van der Waals surface area contributed by atoms with E-state index in [1.165, 1.54) is 0 Å². The molecule has 0 saturated carbocycles. The largest absolute Gasteiger partial charge is 0.465 e. The van der Waals surface area contributed by atoms with Gasteiger partial charge in [0, 0.05) is 19.4 Å². The first-order valence-electron chi connectivity index (χ1n) is 5.48. The van der Waals surface area contributed by atoms with Crippen molar-refractivity contribution in [1.82, 2.24) is 0 Å². The molecule has 0 rings (SSSR count). The van der Waals surface area contributed by atoms with Crippen LogP contribution in [0.5, 0.6) is 0 Å². The highest BCUT2D eigenvalue weighted by Crippen LogP contribution is 2.16. The van der Waals surface area contributed by atoms with Gasteiger partial charge in [-0.3, -0.25) is 4.79 Å². The summed E-state index contributed by atoms with van der Waals surface area (Å²) in [5, 5.41) is 0. The monoisotopic (exact) mass is 230 g/mol. The SMILES string of the molecule is CO[C@H](CCOC(=O)C(C)(C)C)[C@H](C)C=O. The maximum Gasteiger partial charge on any atom is 0.311 e. The number of hydrogen-bond acceptors (Lipinski definition) is 4. The van der Waals surface area contributed by atoms with Crippen LogP contribution < -0.4 is 0 Å². The lowest BCUT2D eigenvalue weighted by Crippen LogP contribution is -2.27. The molecule has 0 unspecified atom stereocenters. The molecule has 16 heavy (non-hydrogen) atoms. The summed E-state index contributed by atoms with van der Waals surface area (Å²) in [5.41, 5.74) is -0.487. The quantitative estimate of drug-likeness (QED) is 0.516. The van der Waals surface area contributed by atoms with Gasteiger partial charge in [0.15, 0.2) is 0 Å². The Morgan fingerprint density at radius 3 is 2.31 bits per heavy atom. The van der Waals surface area contributed by atoms with Crippen LogP contribution in [0.4, 0.5) is 0 Å². The number of ether oxygens (including phenoxy) is 2. The number of hydrogen-bond donors (Lipinski definition) is 0. The van der Waals surface area contributed by atoms with E-state index >= 15 is 0 Å². The summed E-state index contributed by atoms with van der Waals surface area (Å²) in [6, 6.07) is 0. The van der Waals surface area contributed by atoms with Crippen LogP contribution in [0.25, 0.3) is 0 Å². The first-order valence-corrected chi connectivity index (χ1v) is 5.48. The van der Waals surface area contributed by atoms with E-state index in [0.29, 0.717) is 6.42 Å². The first-order chi connectivity index (χ1) is 7.32. The summed E-state index contributed by atoms with van der Waals surface area (Å²) in [5.74, 6) is -0.417. The number of carbonyl (C=O) groups is 2. The molecule has 0 heterocycles. The topological polar surface area (TPSA) is 52.6 Å². The lowest BCUT2D eigenvalue weighted by Gasteiger charge is -2.20. The molecule has 0 aliphatic heterocycles. The fourth-order valence-electron chi connectivity index (χ4n) is 1.17. The maximum absolute atomic E-state index is 11.4. The molecular weight excluding hydrogens is 208 g/mol. The van der Waals surface area contributed by atoms with Crippen LogP contribution >= 0.6 is 0 Å². The second-order valence-electron chi connectivity index (χ2n) is 4.94. The molecule has 94 valence electrons. The highest BCUT2D eigenvalue weighted by molar-refractivity contribution is 5.75. The van der Waals surface area contributed by atoms with Crippen molar-refractivity contribution < 1.29 is 19.1 Å². The van der Waals surface area contributed by atoms with E-state index < -0.39 is 5.41 Å². The third-order valence-corrected chi connectivity index (χ3v) is 2.35. The van der Waals surface area contributed by atoms with Crippen molar-refractivity contribution in [3.05, 3.63) is 0 Å². The number of methoxy groups -OCH3 is 1. The van der Waals surface area contributed by atoms with Crippen molar-refractivity contribution in [1.29, 1.82) is 0 Å². The number of rotatable bonds is 6. The third-order valence-electron chi connectivity index (χ3n) is 2.35. The van der Waals surface area contributed by atoms with Gasteiger partial charge in [-0.25, -0.2) is 0 Å². The average molecular weight is 230 g/mol. The summed E-state index contributed by atoms with van der Waals surface area (Å²) in [6.45, 7) is 7.48. The van der Waals surface area contributed by atoms with E-state index in [4.69, 9.17) is 9.47 Å². The third kappa shape index (κ3) is 5.26. The molecule has 2 atom stereocenters. The fraction of sp³-hybridized carbons (Fsp3) is 0.833. The predicted octanol–water partition coefficient (Wildman–Crippen LogP) is 1.82. The summed E-state index contributed by atoms with van der Waals surface area (Å²) < 4.78 is 10.2. The van der Waals surface area contributed by atoms with Gasteiger partial charge in [0.2, 0.25) is 0 Å². The van der Waals surface area contributed by atoms with Crippen LogP contribution in [0.2, 0.25) is 0 Å². The van der Waals surface area contributed by atoms with Gasteiger partial charge in [0.1, 0.15) is 6.29 Å². The van der Waals surface area contributed by atoms with Gasteiger partial charge in [0.05, 0.1) is 18.1 Å². The Labute approximate surface area is 97.3 Å². The van der Waals surface area contributed by atoms with Crippen LogP contribution in [0.3, 0.4) is 0 Å². The van der Waals surface area contributed by atoms with E-state index in [2.05, 4.69) is 0 Å². The van der Waals surface area contributed by atoms with Crippen molar-refractivity contribution in [3.63, 3.8) is 0 Å². The Morgan fingerprint density at radius 2 is 1.94 bits per heavy atom. The van der Waals surface area contributed by atoms with Crippen LogP contribution in [0, 0.1) is 11.3 Å². The minimum atomic E-state index is -0.487. The zero-order valence-electron chi connectivity index (χ0n) is 10.8. The summed E-state index contributed by atoms with van der Waals surface area (Å²) in [4.78, 5) is 22.0. The molecule has 0 spiro atoms. The Kier molecular flexibility index (Phi) is 6.26. The van der Waals surface area contributed by atoms with Crippen LogP contribution in [-0.4, -0.2) is 32.1 Å². The van der Waals surface area contributed by atoms with E-state index in [1.807, 2.05) is 0 Å². The maximum atomic E-state index is 11.4. The molecule has 0 aliphatic carbocycles. The molecule has 0 aromatic heterocycles. The van der Waals surface area contributed by atoms with Gasteiger partial charge in [-0.05, 0) is 20.8 Å². The van der Waals surface area contributed by atoms with Gasteiger partial charge in [-0.2, -0.15) is 0 Å². The Bertz CT molecular complexity index is 230. The molecule has 0 N–H and O–H groups in total. The zero-order chi connectivity index (χ0) is 12.8. The summed E-state index contributed by atoms with van der Waals surface area (Å²) in [6.07, 6.45) is 1.20. The van der Waals surface area contributed by atoms with E-state index in [0.717, 1.165) is 6.29 Å². The Morgan fingerprint density at radius 1 is 1.38 bits per heavy atom. The van der Waals surface area contributed by atoms with E-state index in [1.54, 1.807) is 34.8 Å². The fourth-order valence-corrected chi connectivity index (χ4v) is 1.17. The minimum absolute atomic E-state index is 0.182. The van der Waals surface area contributed by atoms with Gasteiger partial charge in [-0.1, -0.05) is 6.92 Å². The molecule has 0 fully saturated rings. The lowest BCUT2D eigenvalue weighted by molar-refractivity contribution is -0.153. The van der Waals surface area contributed by atoms with Crippen LogP contribution in [-0.2, 0) is 19.1 Å². The van der Waals surface area contributed by atoms with Gasteiger partial charge >= 0.3 is 5.97 Å². The number of aldehydes is 1. The van der Waals surface area contributed by atoms with Crippen LogP contribution in [0.1, 0.15) is 34.1 Å². The first kappa shape index (κ1) is 15.1. The molecule has 0 aromatic carbocycles. The standard InChI is InChI=1S/C12H22O4/c1-9(8-13)10(15-5)6-7-16-11(14)12(2,3)4/h8-10H,6-7H2,1-5H3/t9-,10-/m1/s1. The zero-order valence-corrected chi connectivity index (χ0v) is 10.8. The molecule has 0 saturated heterocycles. The Hall–Kier alpha value is -0.900. The average Bonchev–Trinajstić information content (AvgIpc) is 2.21. The normalized spacial score (nSPS) is 15.3.